The Morgan fingerprint density at radius 2 is 1.68 bits per heavy atom. The largest absolute Gasteiger partial charge is 0.361 e. The molecular weight excluding hydrogens is 318 g/mol. The first-order valence-electron chi connectivity index (χ1n) is 7.96. The molecule has 0 spiro atoms. The van der Waals surface area contributed by atoms with Crippen LogP contribution in [0, 0.1) is 0 Å². The van der Waals surface area contributed by atoms with E-state index < -0.39 is 0 Å². The van der Waals surface area contributed by atoms with Crippen molar-refractivity contribution in [3.05, 3.63) is 65.9 Å². The molecule has 124 valence electrons. The minimum Gasteiger partial charge on any atom is -0.361 e. The Labute approximate surface area is 143 Å². The summed E-state index contributed by atoms with van der Waals surface area (Å²) in [5, 5.41) is 3.75. The summed E-state index contributed by atoms with van der Waals surface area (Å²) in [7, 11) is 0. The number of aromatic nitrogens is 1. The zero-order valence-corrected chi connectivity index (χ0v) is 13.3. The standard InChI is InChI=1S/C19H15N3O3/c23-17(21-16-7-3-6-15-14(16)8-10-20-15)9-11-22-18(24)12-4-1-2-5-13(12)19(22)25/h1-8,10,20H,9,11H2,(H,21,23). The van der Waals surface area contributed by atoms with Crippen molar-refractivity contribution in [3.63, 3.8) is 0 Å². The van der Waals surface area contributed by atoms with Crippen LogP contribution in [0.2, 0.25) is 0 Å². The quantitative estimate of drug-likeness (QED) is 0.720. The summed E-state index contributed by atoms with van der Waals surface area (Å²) in [6.07, 6.45) is 1.85. The molecule has 0 atom stereocenters. The van der Waals surface area contributed by atoms with E-state index in [0.29, 0.717) is 16.8 Å². The molecule has 6 heteroatoms. The topological polar surface area (TPSA) is 82.3 Å². The molecule has 6 nitrogen and oxygen atoms in total. The van der Waals surface area contributed by atoms with Crippen molar-refractivity contribution in [3.8, 4) is 0 Å². The number of aromatic amines is 1. The predicted octanol–water partition coefficient (Wildman–Crippen LogP) is 2.79. The number of amides is 3. The molecule has 1 aliphatic heterocycles. The number of hydrogen-bond acceptors (Lipinski definition) is 3. The van der Waals surface area contributed by atoms with Gasteiger partial charge in [-0.2, -0.15) is 0 Å². The number of imide groups is 1. The van der Waals surface area contributed by atoms with Crippen LogP contribution >= 0.6 is 0 Å². The molecule has 3 aromatic rings. The molecule has 1 aliphatic rings. The van der Waals surface area contributed by atoms with Gasteiger partial charge in [0.25, 0.3) is 11.8 Å². The monoisotopic (exact) mass is 333 g/mol. The van der Waals surface area contributed by atoms with Gasteiger partial charge in [-0.3, -0.25) is 19.3 Å². The lowest BCUT2D eigenvalue weighted by molar-refractivity contribution is -0.116. The number of fused-ring (bicyclic) bond motifs is 2. The van der Waals surface area contributed by atoms with Gasteiger partial charge in [0.1, 0.15) is 0 Å². The van der Waals surface area contributed by atoms with Gasteiger partial charge < -0.3 is 10.3 Å². The third kappa shape index (κ3) is 2.57. The highest BCUT2D eigenvalue weighted by Crippen LogP contribution is 2.24. The van der Waals surface area contributed by atoms with Crippen LogP contribution in [0.3, 0.4) is 0 Å². The summed E-state index contributed by atoms with van der Waals surface area (Å²) < 4.78 is 0. The van der Waals surface area contributed by atoms with Gasteiger partial charge in [-0.15, -0.1) is 0 Å². The van der Waals surface area contributed by atoms with Crippen LogP contribution in [0.25, 0.3) is 10.9 Å². The molecule has 1 aromatic heterocycles. The fourth-order valence-electron chi connectivity index (χ4n) is 3.06. The molecular formula is C19H15N3O3. The Kier molecular flexibility index (Phi) is 3.57. The van der Waals surface area contributed by atoms with Crippen LogP contribution in [0.5, 0.6) is 0 Å². The number of H-pyrrole nitrogens is 1. The fourth-order valence-corrected chi connectivity index (χ4v) is 3.06. The van der Waals surface area contributed by atoms with Crippen LogP contribution in [0.4, 0.5) is 5.69 Å². The summed E-state index contributed by atoms with van der Waals surface area (Å²) in [6.45, 7) is 0.0568. The molecule has 2 aromatic carbocycles. The maximum atomic E-state index is 12.3. The normalized spacial score (nSPS) is 13.4. The Balaban J connectivity index is 1.44. The van der Waals surface area contributed by atoms with Crippen LogP contribution in [-0.2, 0) is 4.79 Å². The Bertz CT molecular complexity index is 971. The molecule has 0 radical (unpaired) electrons. The second-order valence-corrected chi connectivity index (χ2v) is 5.85. The van der Waals surface area contributed by atoms with E-state index in [0.717, 1.165) is 15.8 Å². The van der Waals surface area contributed by atoms with Crippen LogP contribution < -0.4 is 5.32 Å². The summed E-state index contributed by atoms with van der Waals surface area (Å²) in [5.74, 6) is -0.937. The minimum absolute atomic E-state index is 0.0479. The van der Waals surface area contributed by atoms with E-state index in [9.17, 15) is 14.4 Å². The van der Waals surface area contributed by atoms with Crippen molar-refractivity contribution in [2.24, 2.45) is 0 Å². The van der Waals surface area contributed by atoms with Gasteiger partial charge in [-0.1, -0.05) is 18.2 Å². The van der Waals surface area contributed by atoms with Crippen LogP contribution in [-0.4, -0.2) is 34.2 Å². The second kappa shape index (κ2) is 5.90. The average Bonchev–Trinajstić information content (AvgIpc) is 3.19. The van der Waals surface area contributed by atoms with Crippen molar-refractivity contribution in [1.82, 2.24) is 9.88 Å². The average molecular weight is 333 g/mol. The van der Waals surface area contributed by atoms with Gasteiger partial charge in [-0.05, 0) is 30.3 Å². The Morgan fingerprint density at radius 1 is 0.960 bits per heavy atom. The number of nitrogens with zero attached hydrogens (tertiary/aromatic N) is 1. The van der Waals surface area contributed by atoms with E-state index in [1.807, 2.05) is 24.3 Å². The smallest absolute Gasteiger partial charge is 0.261 e. The van der Waals surface area contributed by atoms with E-state index in [1.165, 1.54) is 0 Å². The van der Waals surface area contributed by atoms with Crippen molar-refractivity contribution < 1.29 is 14.4 Å². The first kappa shape index (κ1) is 15.1. The Morgan fingerprint density at radius 3 is 2.40 bits per heavy atom. The van der Waals surface area contributed by atoms with Gasteiger partial charge in [0, 0.05) is 30.1 Å². The summed E-state index contributed by atoms with van der Waals surface area (Å²) in [6, 6.07) is 14.2. The lowest BCUT2D eigenvalue weighted by Gasteiger charge is -2.13. The van der Waals surface area contributed by atoms with Gasteiger partial charge >= 0.3 is 0 Å². The lowest BCUT2D eigenvalue weighted by Crippen LogP contribution is -2.32. The van der Waals surface area contributed by atoms with Crippen molar-refractivity contribution in [2.75, 3.05) is 11.9 Å². The predicted molar refractivity (Wildman–Crippen MR) is 93.4 cm³/mol. The van der Waals surface area contributed by atoms with Gasteiger partial charge in [-0.25, -0.2) is 0 Å². The second-order valence-electron chi connectivity index (χ2n) is 5.85. The van der Waals surface area contributed by atoms with Crippen molar-refractivity contribution in [2.45, 2.75) is 6.42 Å². The van der Waals surface area contributed by atoms with Gasteiger partial charge in [0.15, 0.2) is 0 Å². The number of carbonyl (C=O) groups excluding carboxylic acids is 3. The van der Waals surface area contributed by atoms with E-state index in [1.54, 1.807) is 30.5 Å². The molecule has 0 fully saturated rings. The molecule has 0 unspecified atom stereocenters. The number of hydrogen-bond donors (Lipinski definition) is 2. The molecule has 25 heavy (non-hydrogen) atoms. The van der Waals surface area contributed by atoms with Crippen LogP contribution in [0.15, 0.2) is 54.7 Å². The third-order valence-corrected chi connectivity index (χ3v) is 4.31. The highest BCUT2D eigenvalue weighted by atomic mass is 16.2. The first-order valence-corrected chi connectivity index (χ1v) is 7.96. The van der Waals surface area contributed by atoms with Gasteiger partial charge in [0.05, 0.1) is 16.8 Å². The van der Waals surface area contributed by atoms with Crippen LogP contribution in [0.1, 0.15) is 27.1 Å². The van der Waals surface area contributed by atoms with E-state index in [-0.39, 0.29) is 30.7 Å². The summed E-state index contributed by atoms with van der Waals surface area (Å²) in [5.41, 5.74) is 2.42. The highest BCUT2D eigenvalue weighted by Gasteiger charge is 2.34. The number of carbonyl (C=O) groups is 3. The molecule has 0 saturated carbocycles. The maximum Gasteiger partial charge on any atom is 0.261 e. The maximum absolute atomic E-state index is 12.3. The third-order valence-electron chi connectivity index (χ3n) is 4.31. The molecule has 2 N–H and O–H groups in total. The van der Waals surface area contributed by atoms with Crippen molar-refractivity contribution in [1.29, 1.82) is 0 Å². The molecule has 4 rings (SSSR count). The minimum atomic E-state index is -0.346. The molecule has 0 aliphatic carbocycles. The van der Waals surface area contributed by atoms with E-state index in [2.05, 4.69) is 10.3 Å². The van der Waals surface area contributed by atoms with E-state index >= 15 is 0 Å². The number of nitrogens with one attached hydrogen (secondary N) is 2. The van der Waals surface area contributed by atoms with E-state index in [4.69, 9.17) is 0 Å². The van der Waals surface area contributed by atoms with Crippen molar-refractivity contribution >= 4 is 34.3 Å². The number of benzene rings is 2. The molecule has 0 saturated heterocycles. The first-order chi connectivity index (χ1) is 12.1. The Hall–Kier alpha value is -3.41. The highest BCUT2D eigenvalue weighted by molar-refractivity contribution is 6.21. The molecule has 0 bridgehead atoms. The zero-order chi connectivity index (χ0) is 17.4. The van der Waals surface area contributed by atoms with Gasteiger partial charge in [0.2, 0.25) is 5.91 Å². The fraction of sp³-hybridized carbons (Fsp3) is 0.105. The molecule has 2 heterocycles. The number of anilines is 1. The lowest BCUT2D eigenvalue weighted by atomic mass is 10.1. The molecule has 3 amide bonds. The number of rotatable bonds is 4. The zero-order valence-electron chi connectivity index (χ0n) is 13.3. The summed E-state index contributed by atoms with van der Waals surface area (Å²) in [4.78, 5) is 41.0. The SMILES string of the molecule is O=C(CCN1C(=O)c2ccccc2C1=O)Nc1cccc2[nH]ccc12. The summed E-state index contributed by atoms with van der Waals surface area (Å²) >= 11 is 0.